The Hall–Kier alpha value is -1.77. The maximum absolute atomic E-state index is 10.9. The molecule has 0 aliphatic heterocycles. The van der Waals surface area contributed by atoms with Crippen LogP contribution in [0.5, 0.6) is 5.75 Å². The zero-order valence-corrected chi connectivity index (χ0v) is 7.15. The Labute approximate surface area is 76.0 Å². The third-order valence-corrected chi connectivity index (χ3v) is 1.58. The van der Waals surface area contributed by atoms with Crippen LogP contribution >= 0.6 is 0 Å². The predicted molar refractivity (Wildman–Crippen MR) is 47.2 cm³/mol. The molecule has 3 nitrogen and oxygen atoms in total. The van der Waals surface area contributed by atoms with Crippen molar-refractivity contribution in [2.45, 2.75) is 6.92 Å². The minimum absolute atomic E-state index is 0.119. The number of hydrogen-bond acceptors (Lipinski definition) is 2. The SMILES string of the molecule is C/C(=C\c1cccc([O-])c1)C(=O)O. The average molecular weight is 177 g/mol. The Balaban J connectivity index is 2.97. The first-order valence-corrected chi connectivity index (χ1v) is 3.78. The number of carboxylic acid groups (broad SMARTS) is 1. The van der Waals surface area contributed by atoms with E-state index in [1.165, 1.54) is 25.1 Å². The Morgan fingerprint density at radius 3 is 2.77 bits per heavy atom. The summed E-state index contributed by atoms with van der Waals surface area (Å²) in [5, 5.41) is 19.4. The molecule has 13 heavy (non-hydrogen) atoms. The molecule has 0 bridgehead atoms. The van der Waals surface area contributed by atoms with E-state index < -0.39 is 5.97 Å². The summed E-state index contributed by atoms with van der Waals surface area (Å²) in [4.78, 5) is 10.4. The lowest BCUT2D eigenvalue weighted by molar-refractivity contribution is -0.268. The molecule has 0 saturated heterocycles. The number of hydrogen-bond donors (Lipinski definition) is 1. The zero-order chi connectivity index (χ0) is 9.84. The molecule has 0 heterocycles. The third-order valence-electron chi connectivity index (χ3n) is 1.58. The van der Waals surface area contributed by atoms with E-state index in [1.54, 1.807) is 12.1 Å². The highest BCUT2D eigenvalue weighted by Gasteiger charge is 1.98. The van der Waals surface area contributed by atoms with Crippen LogP contribution < -0.4 is 5.11 Å². The summed E-state index contributed by atoms with van der Waals surface area (Å²) in [6, 6.07) is 6.11. The van der Waals surface area contributed by atoms with Gasteiger partial charge in [0.1, 0.15) is 0 Å². The molecule has 1 N–H and O–H groups in total. The van der Waals surface area contributed by atoms with E-state index in [1.807, 2.05) is 0 Å². The number of benzene rings is 1. The molecule has 0 saturated carbocycles. The van der Waals surface area contributed by atoms with Gasteiger partial charge in [0.25, 0.3) is 0 Å². The van der Waals surface area contributed by atoms with Gasteiger partial charge in [-0.2, -0.15) is 0 Å². The van der Waals surface area contributed by atoms with Crippen LogP contribution in [0.1, 0.15) is 12.5 Å². The maximum atomic E-state index is 10.9. The summed E-state index contributed by atoms with van der Waals surface area (Å²) >= 11 is 0. The minimum atomic E-state index is -0.976. The van der Waals surface area contributed by atoms with Gasteiger partial charge < -0.3 is 10.2 Å². The second kappa shape index (κ2) is 3.76. The fraction of sp³-hybridized carbons (Fsp3) is 0.100. The van der Waals surface area contributed by atoms with Crippen LogP contribution in [0.4, 0.5) is 0 Å². The van der Waals surface area contributed by atoms with E-state index in [9.17, 15) is 9.90 Å². The Morgan fingerprint density at radius 2 is 2.23 bits per heavy atom. The zero-order valence-electron chi connectivity index (χ0n) is 7.15. The molecule has 0 unspecified atom stereocenters. The number of carboxylic acids is 1. The van der Waals surface area contributed by atoms with Crippen molar-refractivity contribution < 1.29 is 15.0 Å². The first-order chi connectivity index (χ1) is 6.09. The van der Waals surface area contributed by atoms with Gasteiger partial charge >= 0.3 is 5.97 Å². The molecule has 0 radical (unpaired) electrons. The first-order valence-electron chi connectivity index (χ1n) is 3.78. The molecule has 1 aromatic rings. The molecule has 1 aromatic carbocycles. The van der Waals surface area contributed by atoms with Crippen LogP contribution in [0, 0.1) is 0 Å². The Morgan fingerprint density at radius 1 is 1.54 bits per heavy atom. The van der Waals surface area contributed by atoms with Crippen molar-refractivity contribution in [1.82, 2.24) is 0 Å². The van der Waals surface area contributed by atoms with Gasteiger partial charge in [-0.1, -0.05) is 24.3 Å². The Kier molecular flexibility index (Phi) is 2.69. The molecule has 0 spiro atoms. The highest BCUT2D eigenvalue weighted by Crippen LogP contribution is 2.11. The van der Waals surface area contributed by atoms with E-state index in [0.717, 1.165) is 0 Å². The van der Waals surface area contributed by atoms with Crippen molar-refractivity contribution >= 4 is 12.0 Å². The molecule has 1 rings (SSSR count). The van der Waals surface area contributed by atoms with Crippen LogP contribution in [0.25, 0.3) is 6.08 Å². The van der Waals surface area contributed by atoms with Crippen molar-refractivity contribution in [1.29, 1.82) is 0 Å². The first kappa shape index (κ1) is 9.32. The van der Waals surface area contributed by atoms with Gasteiger partial charge in [-0.15, -0.1) is 5.75 Å². The van der Waals surface area contributed by atoms with E-state index in [2.05, 4.69) is 0 Å². The third kappa shape index (κ3) is 2.63. The van der Waals surface area contributed by atoms with Crippen LogP contribution in [-0.2, 0) is 4.79 Å². The van der Waals surface area contributed by atoms with E-state index in [4.69, 9.17) is 5.11 Å². The van der Waals surface area contributed by atoms with Crippen LogP contribution in [-0.4, -0.2) is 11.1 Å². The topological polar surface area (TPSA) is 60.4 Å². The molecule has 0 fully saturated rings. The van der Waals surface area contributed by atoms with Crippen molar-refractivity contribution in [3.63, 3.8) is 0 Å². The number of rotatable bonds is 2. The van der Waals surface area contributed by atoms with Gasteiger partial charge in [0, 0.05) is 5.57 Å². The fourth-order valence-corrected chi connectivity index (χ4v) is 0.916. The Bertz CT molecular complexity index is 353. The highest BCUT2D eigenvalue weighted by molar-refractivity contribution is 5.91. The molecule has 0 aliphatic rings. The average Bonchev–Trinajstić information content (AvgIpc) is 2.04. The number of aliphatic carboxylic acids is 1. The van der Waals surface area contributed by atoms with Gasteiger partial charge in [0.2, 0.25) is 0 Å². The van der Waals surface area contributed by atoms with E-state index in [-0.39, 0.29) is 11.3 Å². The minimum Gasteiger partial charge on any atom is -0.872 e. The standard InChI is InChI=1S/C10H10O3/c1-7(10(12)13)5-8-3-2-4-9(11)6-8/h2-6,11H,1H3,(H,12,13)/p-1/b7-5+. The normalized spacial score (nSPS) is 11.3. The molecule has 0 aliphatic carbocycles. The molecular weight excluding hydrogens is 168 g/mol. The van der Waals surface area contributed by atoms with E-state index in [0.29, 0.717) is 5.56 Å². The van der Waals surface area contributed by atoms with Gasteiger partial charge in [-0.25, -0.2) is 4.79 Å². The lowest BCUT2D eigenvalue weighted by atomic mass is 10.1. The lowest BCUT2D eigenvalue weighted by Gasteiger charge is -2.04. The van der Waals surface area contributed by atoms with Crippen molar-refractivity contribution in [3.05, 3.63) is 35.4 Å². The van der Waals surface area contributed by atoms with Crippen molar-refractivity contribution in [2.24, 2.45) is 0 Å². The maximum Gasteiger partial charge on any atom is 0.331 e. The van der Waals surface area contributed by atoms with Gasteiger partial charge in [0.15, 0.2) is 0 Å². The summed E-state index contributed by atoms with van der Waals surface area (Å²) in [6.07, 6.45) is 1.46. The van der Waals surface area contributed by atoms with Gasteiger partial charge in [-0.3, -0.25) is 0 Å². The van der Waals surface area contributed by atoms with Crippen molar-refractivity contribution in [2.75, 3.05) is 0 Å². The second-order valence-corrected chi connectivity index (χ2v) is 2.70. The fourth-order valence-electron chi connectivity index (χ4n) is 0.916. The van der Waals surface area contributed by atoms with Crippen LogP contribution in [0.2, 0.25) is 0 Å². The van der Waals surface area contributed by atoms with Crippen molar-refractivity contribution in [3.8, 4) is 5.75 Å². The molecule has 68 valence electrons. The smallest absolute Gasteiger partial charge is 0.331 e. The van der Waals surface area contributed by atoms with Crippen LogP contribution in [0.3, 0.4) is 0 Å². The summed E-state index contributed by atoms with van der Waals surface area (Å²) in [7, 11) is 0. The van der Waals surface area contributed by atoms with Crippen LogP contribution in [0.15, 0.2) is 29.8 Å². The van der Waals surface area contributed by atoms with Gasteiger partial charge in [-0.05, 0) is 18.6 Å². The summed E-state index contributed by atoms with van der Waals surface area (Å²) < 4.78 is 0. The summed E-state index contributed by atoms with van der Waals surface area (Å²) in [6.45, 7) is 1.49. The summed E-state index contributed by atoms with van der Waals surface area (Å²) in [5.74, 6) is -1.09. The quantitative estimate of drug-likeness (QED) is 0.691. The predicted octanol–water partition coefficient (Wildman–Crippen LogP) is 1.25. The largest absolute Gasteiger partial charge is 0.872 e. The number of carbonyl (C=O) groups is 1. The van der Waals surface area contributed by atoms with E-state index >= 15 is 0 Å². The highest BCUT2D eigenvalue weighted by atomic mass is 16.4. The molecule has 3 heteroatoms. The molecular formula is C10H9O3-. The molecule has 0 aromatic heterocycles. The molecule has 0 atom stereocenters. The lowest BCUT2D eigenvalue weighted by Crippen LogP contribution is -1.95. The summed E-state index contributed by atoms with van der Waals surface area (Å²) in [5.41, 5.74) is 0.831. The van der Waals surface area contributed by atoms with Gasteiger partial charge in [0.05, 0.1) is 0 Å². The monoisotopic (exact) mass is 177 g/mol. The molecule has 0 amide bonds. The second-order valence-electron chi connectivity index (χ2n) is 2.70.